The summed E-state index contributed by atoms with van der Waals surface area (Å²) < 4.78 is 5.08. The first-order valence-electron chi connectivity index (χ1n) is 8.77. The summed E-state index contributed by atoms with van der Waals surface area (Å²) in [5, 5.41) is 6.62. The van der Waals surface area contributed by atoms with Crippen LogP contribution < -0.4 is 15.4 Å². The fourth-order valence-corrected chi connectivity index (χ4v) is 3.39. The molecule has 2 aromatic carbocycles. The summed E-state index contributed by atoms with van der Waals surface area (Å²) in [5.74, 6) is 0.240. The summed E-state index contributed by atoms with van der Waals surface area (Å²) in [6.07, 6.45) is 0. The Balaban J connectivity index is 0.00000280. The normalized spacial score (nSPS) is 16.1. The van der Waals surface area contributed by atoms with Crippen molar-refractivity contribution < 1.29 is 14.3 Å². The first-order valence-corrected chi connectivity index (χ1v) is 9.15. The van der Waals surface area contributed by atoms with Gasteiger partial charge < -0.3 is 20.3 Å². The Morgan fingerprint density at radius 2 is 1.93 bits per heavy atom. The van der Waals surface area contributed by atoms with Gasteiger partial charge in [0.2, 0.25) is 5.91 Å². The van der Waals surface area contributed by atoms with Gasteiger partial charge in [-0.25, -0.2) is 0 Å². The van der Waals surface area contributed by atoms with Crippen LogP contribution >= 0.6 is 24.0 Å². The number of rotatable bonds is 5. The molecule has 0 saturated carbocycles. The number of amides is 2. The number of hydrogen-bond acceptors (Lipinski definition) is 4. The smallest absolute Gasteiger partial charge is 0.251 e. The molecular formula is C20H23Cl2N3O3. The Labute approximate surface area is 175 Å². The molecule has 0 spiro atoms. The molecule has 0 radical (unpaired) electrons. The van der Waals surface area contributed by atoms with Gasteiger partial charge in [-0.2, -0.15) is 0 Å². The van der Waals surface area contributed by atoms with Crippen LogP contribution in [0.4, 0.5) is 0 Å². The minimum atomic E-state index is -0.296. The van der Waals surface area contributed by atoms with Crippen molar-refractivity contribution in [3.8, 4) is 5.75 Å². The fraction of sp³-hybridized carbons (Fsp3) is 0.300. The topological polar surface area (TPSA) is 70.7 Å². The second-order valence-corrected chi connectivity index (χ2v) is 6.65. The van der Waals surface area contributed by atoms with Gasteiger partial charge in [-0.05, 0) is 35.9 Å². The third-order valence-corrected chi connectivity index (χ3v) is 4.92. The van der Waals surface area contributed by atoms with Crippen LogP contribution in [0.1, 0.15) is 22.0 Å². The van der Waals surface area contributed by atoms with E-state index in [1.54, 1.807) is 36.3 Å². The number of carbonyl (C=O) groups excluding carboxylic acids is 2. The molecule has 1 aliphatic rings. The summed E-state index contributed by atoms with van der Waals surface area (Å²) in [6, 6.07) is 14.1. The number of benzene rings is 2. The maximum absolute atomic E-state index is 12.7. The molecule has 2 N–H and O–H groups in total. The number of piperazine rings is 1. The average molecular weight is 424 g/mol. The minimum Gasteiger partial charge on any atom is -0.497 e. The SMILES string of the molecule is COc1ccc(C(=O)NCC(=O)N2CCNCC2c2ccccc2Cl)cc1.Cl. The van der Waals surface area contributed by atoms with E-state index in [0.717, 1.165) is 5.56 Å². The lowest BCUT2D eigenvalue weighted by Gasteiger charge is -2.37. The molecular weight excluding hydrogens is 401 g/mol. The zero-order valence-corrected chi connectivity index (χ0v) is 17.1. The summed E-state index contributed by atoms with van der Waals surface area (Å²) in [6.45, 7) is 1.83. The molecule has 150 valence electrons. The van der Waals surface area contributed by atoms with Gasteiger partial charge in [0.15, 0.2) is 0 Å². The second-order valence-electron chi connectivity index (χ2n) is 6.24. The maximum atomic E-state index is 12.7. The van der Waals surface area contributed by atoms with E-state index in [0.29, 0.717) is 36.0 Å². The number of hydrogen-bond donors (Lipinski definition) is 2. The maximum Gasteiger partial charge on any atom is 0.251 e. The Morgan fingerprint density at radius 1 is 1.21 bits per heavy atom. The van der Waals surface area contributed by atoms with E-state index in [2.05, 4.69) is 10.6 Å². The van der Waals surface area contributed by atoms with Crippen LogP contribution in [0.15, 0.2) is 48.5 Å². The molecule has 1 fully saturated rings. The zero-order chi connectivity index (χ0) is 19.2. The first kappa shape index (κ1) is 22.0. The van der Waals surface area contributed by atoms with Crippen molar-refractivity contribution in [3.63, 3.8) is 0 Å². The van der Waals surface area contributed by atoms with E-state index in [4.69, 9.17) is 16.3 Å². The van der Waals surface area contributed by atoms with E-state index >= 15 is 0 Å². The number of halogens is 2. The second kappa shape index (κ2) is 10.3. The molecule has 1 atom stereocenters. The van der Waals surface area contributed by atoms with Crippen molar-refractivity contribution in [2.24, 2.45) is 0 Å². The Hall–Kier alpha value is -2.28. The van der Waals surface area contributed by atoms with Crippen LogP contribution in [0.2, 0.25) is 5.02 Å². The van der Waals surface area contributed by atoms with Crippen LogP contribution in [-0.2, 0) is 4.79 Å². The quantitative estimate of drug-likeness (QED) is 0.775. The Morgan fingerprint density at radius 3 is 2.61 bits per heavy atom. The summed E-state index contributed by atoms with van der Waals surface area (Å²) in [5.41, 5.74) is 1.38. The van der Waals surface area contributed by atoms with Crippen molar-refractivity contribution in [1.82, 2.24) is 15.5 Å². The van der Waals surface area contributed by atoms with Crippen LogP contribution in [0.3, 0.4) is 0 Å². The van der Waals surface area contributed by atoms with Gasteiger partial charge in [-0.15, -0.1) is 12.4 Å². The third-order valence-electron chi connectivity index (χ3n) is 4.58. The molecule has 0 aromatic heterocycles. The number of ether oxygens (including phenoxy) is 1. The molecule has 2 aromatic rings. The van der Waals surface area contributed by atoms with Gasteiger partial charge in [-0.1, -0.05) is 29.8 Å². The molecule has 0 aliphatic carbocycles. The molecule has 1 heterocycles. The minimum absolute atomic E-state index is 0. The Bertz CT molecular complexity index is 815. The molecule has 1 saturated heterocycles. The van der Waals surface area contributed by atoms with Crippen molar-refractivity contribution in [3.05, 3.63) is 64.7 Å². The highest BCUT2D eigenvalue weighted by atomic mass is 35.5. The van der Waals surface area contributed by atoms with Gasteiger partial charge in [0.1, 0.15) is 5.75 Å². The standard InChI is InChI=1S/C20H22ClN3O3.ClH/c1-27-15-8-6-14(7-9-15)20(26)23-13-19(25)24-11-10-22-12-18(24)16-4-2-3-5-17(16)21;/h2-9,18,22H,10-13H2,1H3,(H,23,26);1H. The fourth-order valence-electron chi connectivity index (χ4n) is 3.13. The van der Waals surface area contributed by atoms with Crippen LogP contribution in [0.25, 0.3) is 0 Å². The summed E-state index contributed by atoms with van der Waals surface area (Å²) >= 11 is 6.31. The number of nitrogens with zero attached hydrogens (tertiary/aromatic N) is 1. The first-order chi connectivity index (χ1) is 13.1. The number of methoxy groups -OCH3 is 1. The Kier molecular flexibility index (Phi) is 8.11. The van der Waals surface area contributed by atoms with Crippen LogP contribution in [-0.4, -0.2) is 50.0 Å². The van der Waals surface area contributed by atoms with Crippen molar-refractivity contribution >= 4 is 35.8 Å². The van der Waals surface area contributed by atoms with Gasteiger partial charge in [-0.3, -0.25) is 9.59 Å². The van der Waals surface area contributed by atoms with Crippen LogP contribution in [0, 0.1) is 0 Å². The predicted octanol–water partition coefficient (Wildman–Crippen LogP) is 2.67. The van der Waals surface area contributed by atoms with Gasteiger partial charge in [0.05, 0.1) is 19.7 Å². The van der Waals surface area contributed by atoms with Crippen molar-refractivity contribution in [2.75, 3.05) is 33.3 Å². The molecule has 8 heteroatoms. The number of carbonyl (C=O) groups is 2. The lowest BCUT2D eigenvalue weighted by Crippen LogP contribution is -2.51. The highest BCUT2D eigenvalue weighted by Crippen LogP contribution is 2.28. The highest BCUT2D eigenvalue weighted by molar-refractivity contribution is 6.31. The molecule has 28 heavy (non-hydrogen) atoms. The molecule has 1 aliphatic heterocycles. The predicted molar refractivity (Wildman–Crippen MR) is 111 cm³/mol. The molecule has 1 unspecified atom stereocenters. The molecule has 6 nitrogen and oxygen atoms in total. The van der Waals surface area contributed by atoms with E-state index in [-0.39, 0.29) is 36.8 Å². The third kappa shape index (κ3) is 5.16. The highest BCUT2D eigenvalue weighted by Gasteiger charge is 2.29. The lowest BCUT2D eigenvalue weighted by atomic mass is 10.0. The van der Waals surface area contributed by atoms with E-state index < -0.39 is 0 Å². The van der Waals surface area contributed by atoms with Gasteiger partial charge >= 0.3 is 0 Å². The number of nitrogens with one attached hydrogen (secondary N) is 2. The molecule has 2 amide bonds. The average Bonchev–Trinajstić information content (AvgIpc) is 2.72. The monoisotopic (exact) mass is 423 g/mol. The van der Waals surface area contributed by atoms with Crippen LogP contribution in [0.5, 0.6) is 5.75 Å². The van der Waals surface area contributed by atoms with Crippen molar-refractivity contribution in [2.45, 2.75) is 6.04 Å². The van der Waals surface area contributed by atoms with Gasteiger partial charge in [0, 0.05) is 30.2 Å². The lowest BCUT2D eigenvalue weighted by molar-refractivity contribution is -0.133. The van der Waals surface area contributed by atoms with Gasteiger partial charge in [0.25, 0.3) is 5.91 Å². The molecule has 3 rings (SSSR count). The zero-order valence-electron chi connectivity index (χ0n) is 15.5. The van der Waals surface area contributed by atoms with E-state index in [1.807, 2.05) is 24.3 Å². The molecule has 0 bridgehead atoms. The summed E-state index contributed by atoms with van der Waals surface area (Å²) in [7, 11) is 1.57. The van der Waals surface area contributed by atoms with E-state index in [9.17, 15) is 9.59 Å². The van der Waals surface area contributed by atoms with Crippen molar-refractivity contribution in [1.29, 1.82) is 0 Å². The summed E-state index contributed by atoms with van der Waals surface area (Å²) in [4.78, 5) is 26.8. The largest absolute Gasteiger partial charge is 0.497 e. The van der Waals surface area contributed by atoms with E-state index in [1.165, 1.54) is 0 Å².